The molecule has 1 aliphatic rings. The first-order valence-corrected chi connectivity index (χ1v) is 7.71. The molecule has 16 heavy (non-hydrogen) atoms. The third kappa shape index (κ3) is 7.40. The standard InChI is InChI=1S/C9H17ClO5S/c10-16(11,12)6-5-13-3-4-15-8-9-1-2-14-7-9/h9H,1-8H2. The number of ether oxygens (including phenoxy) is 3. The zero-order chi connectivity index (χ0) is 11.9. The molecule has 7 heteroatoms. The summed E-state index contributed by atoms with van der Waals surface area (Å²) in [6, 6.07) is 0. The van der Waals surface area contributed by atoms with Crippen molar-refractivity contribution in [3.05, 3.63) is 0 Å². The summed E-state index contributed by atoms with van der Waals surface area (Å²) >= 11 is 0. The van der Waals surface area contributed by atoms with Gasteiger partial charge in [0.15, 0.2) is 0 Å². The highest BCUT2D eigenvalue weighted by Crippen LogP contribution is 2.11. The molecule has 0 aromatic carbocycles. The summed E-state index contributed by atoms with van der Waals surface area (Å²) in [6.07, 6.45) is 1.05. The summed E-state index contributed by atoms with van der Waals surface area (Å²) in [7, 11) is 1.57. The second-order valence-electron chi connectivity index (χ2n) is 3.66. The number of rotatable bonds is 8. The maximum Gasteiger partial charge on any atom is 0.234 e. The third-order valence-corrected chi connectivity index (χ3v) is 3.34. The zero-order valence-electron chi connectivity index (χ0n) is 9.06. The maximum absolute atomic E-state index is 10.5. The highest BCUT2D eigenvalue weighted by Gasteiger charge is 2.15. The van der Waals surface area contributed by atoms with E-state index in [0.29, 0.717) is 25.7 Å². The van der Waals surface area contributed by atoms with Crippen LogP contribution in [0.1, 0.15) is 6.42 Å². The molecule has 1 aliphatic heterocycles. The van der Waals surface area contributed by atoms with Gasteiger partial charge in [-0.2, -0.15) is 0 Å². The lowest BCUT2D eigenvalue weighted by molar-refractivity contribution is 0.0357. The van der Waals surface area contributed by atoms with Crippen molar-refractivity contribution in [2.24, 2.45) is 5.92 Å². The Morgan fingerprint density at radius 3 is 2.62 bits per heavy atom. The van der Waals surface area contributed by atoms with Crippen molar-refractivity contribution in [3.63, 3.8) is 0 Å². The van der Waals surface area contributed by atoms with Crippen LogP contribution in [0.15, 0.2) is 0 Å². The van der Waals surface area contributed by atoms with E-state index in [2.05, 4.69) is 0 Å². The highest BCUT2D eigenvalue weighted by atomic mass is 35.7. The second kappa shape index (κ2) is 7.45. The van der Waals surface area contributed by atoms with Crippen LogP contribution in [0.3, 0.4) is 0 Å². The van der Waals surface area contributed by atoms with Crippen LogP contribution >= 0.6 is 10.7 Å². The topological polar surface area (TPSA) is 61.8 Å². The zero-order valence-corrected chi connectivity index (χ0v) is 10.6. The molecule has 0 aliphatic carbocycles. The molecule has 1 heterocycles. The predicted molar refractivity (Wildman–Crippen MR) is 60.2 cm³/mol. The molecule has 5 nitrogen and oxygen atoms in total. The Bertz CT molecular complexity index is 274. The Morgan fingerprint density at radius 2 is 2.00 bits per heavy atom. The Balaban J connectivity index is 1.84. The van der Waals surface area contributed by atoms with Crippen molar-refractivity contribution in [3.8, 4) is 0 Å². The van der Waals surface area contributed by atoms with Crippen LogP contribution in [-0.4, -0.2) is 53.8 Å². The molecule has 0 saturated carbocycles. The smallest absolute Gasteiger partial charge is 0.234 e. The Labute approximate surface area is 100 Å². The lowest BCUT2D eigenvalue weighted by atomic mass is 10.1. The lowest BCUT2D eigenvalue weighted by Gasteiger charge is -2.08. The number of hydrogen-bond acceptors (Lipinski definition) is 5. The summed E-state index contributed by atoms with van der Waals surface area (Å²) in [4.78, 5) is 0. The van der Waals surface area contributed by atoms with Gasteiger partial charge in [-0.15, -0.1) is 0 Å². The fraction of sp³-hybridized carbons (Fsp3) is 1.00. The van der Waals surface area contributed by atoms with Crippen LogP contribution in [0.25, 0.3) is 0 Å². The van der Waals surface area contributed by atoms with E-state index in [0.717, 1.165) is 19.6 Å². The molecule has 0 amide bonds. The van der Waals surface area contributed by atoms with Crippen molar-refractivity contribution in [1.82, 2.24) is 0 Å². The van der Waals surface area contributed by atoms with E-state index in [4.69, 9.17) is 24.9 Å². The van der Waals surface area contributed by atoms with Crippen LogP contribution in [0, 0.1) is 5.92 Å². The Hall–Kier alpha value is 0.120. The molecule has 0 spiro atoms. The van der Waals surface area contributed by atoms with E-state index in [9.17, 15) is 8.42 Å². The van der Waals surface area contributed by atoms with Gasteiger partial charge in [0.05, 0.1) is 38.8 Å². The van der Waals surface area contributed by atoms with Crippen LogP contribution < -0.4 is 0 Å². The van der Waals surface area contributed by atoms with Crippen molar-refractivity contribution in [2.45, 2.75) is 6.42 Å². The summed E-state index contributed by atoms with van der Waals surface area (Å²) < 4.78 is 36.7. The molecule has 96 valence electrons. The van der Waals surface area contributed by atoms with Crippen LogP contribution in [-0.2, 0) is 23.3 Å². The molecule has 0 aromatic rings. The van der Waals surface area contributed by atoms with Gasteiger partial charge in [-0.25, -0.2) is 8.42 Å². The van der Waals surface area contributed by atoms with Gasteiger partial charge in [0.25, 0.3) is 0 Å². The minimum atomic E-state index is -3.44. The molecular formula is C9H17ClO5S. The molecule has 0 bridgehead atoms. The van der Waals surface area contributed by atoms with Gasteiger partial charge in [0, 0.05) is 23.2 Å². The monoisotopic (exact) mass is 272 g/mol. The first-order valence-electron chi connectivity index (χ1n) is 5.23. The van der Waals surface area contributed by atoms with Gasteiger partial charge < -0.3 is 14.2 Å². The number of halogens is 1. The fourth-order valence-electron chi connectivity index (χ4n) is 1.34. The van der Waals surface area contributed by atoms with E-state index in [1.807, 2.05) is 0 Å². The van der Waals surface area contributed by atoms with E-state index in [1.54, 1.807) is 0 Å². The van der Waals surface area contributed by atoms with Crippen molar-refractivity contribution in [1.29, 1.82) is 0 Å². The molecule has 0 N–H and O–H groups in total. The minimum Gasteiger partial charge on any atom is -0.381 e. The van der Waals surface area contributed by atoms with E-state index < -0.39 is 9.05 Å². The summed E-state index contributed by atoms with van der Waals surface area (Å²) in [5.74, 6) is 0.327. The van der Waals surface area contributed by atoms with Gasteiger partial charge in [-0.1, -0.05) is 0 Å². The summed E-state index contributed by atoms with van der Waals surface area (Å²) in [5, 5.41) is 0. The average molecular weight is 273 g/mol. The second-order valence-corrected chi connectivity index (χ2v) is 6.56. The van der Waals surface area contributed by atoms with Crippen molar-refractivity contribution < 1.29 is 22.6 Å². The Morgan fingerprint density at radius 1 is 1.25 bits per heavy atom. The van der Waals surface area contributed by atoms with Crippen molar-refractivity contribution in [2.75, 3.05) is 45.4 Å². The molecule has 1 saturated heterocycles. The fourth-order valence-corrected chi connectivity index (χ4v) is 1.85. The molecule has 0 radical (unpaired) electrons. The molecule has 1 fully saturated rings. The molecule has 1 rings (SSSR count). The predicted octanol–water partition coefficient (Wildman–Crippen LogP) is 0.625. The summed E-state index contributed by atoms with van der Waals surface area (Å²) in [6.45, 7) is 3.24. The SMILES string of the molecule is O=S(=O)(Cl)CCOCCOCC1CCOC1. The third-order valence-electron chi connectivity index (χ3n) is 2.22. The molecular weight excluding hydrogens is 256 g/mol. The van der Waals surface area contributed by atoms with Crippen LogP contribution in [0.4, 0.5) is 0 Å². The number of hydrogen-bond donors (Lipinski definition) is 0. The molecule has 0 aromatic heterocycles. The van der Waals surface area contributed by atoms with E-state index in [1.165, 1.54) is 0 Å². The van der Waals surface area contributed by atoms with Crippen LogP contribution in [0.2, 0.25) is 0 Å². The van der Waals surface area contributed by atoms with Gasteiger partial charge in [0.2, 0.25) is 9.05 Å². The quantitative estimate of drug-likeness (QED) is 0.479. The average Bonchev–Trinajstić information content (AvgIpc) is 2.67. The molecule has 1 atom stereocenters. The largest absolute Gasteiger partial charge is 0.381 e. The minimum absolute atomic E-state index is 0.113. The lowest BCUT2D eigenvalue weighted by Crippen LogP contribution is -2.14. The first-order chi connectivity index (χ1) is 7.58. The van der Waals surface area contributed by atoms with Crippen molar-refractivity contribution >= 4 is 19.7 Å². The first kappa shape index (κ1) is 14.2. The normalized spacial score (nSPS) is 21.4. The van der Waals surface area contributed by atoms with Gasteiger partial charge in [-0.05, 0) is 6.42 Å². The Kier molecular flexibility index (Phi) is 6.60. The highest BCUT2D eigenvalue weighted by molar-refractivity contribution is 8.13. The maximum atomic E-state index is 10.5. The molecule has 1 unspecified atom stereocenters. The van der Waals surface area contributed by atoms with Gasteiger partial charge >= 0.3 is 0 Å². The summed E-state index contributed by atoms with van der Waals surface area (Å²) in [5.41, 5.74) is 0. The van der Waals surface area contributed by atoms with Gasteiger partial charge in [-0.3, -0.25) is 0 Å². The van der Waals surface area contributed by atoms with Gasteiger partial charge in [0.1, 0.15) is 0 Å². The van der Waals surface area contributed by atoms with E-state index in [-0.39, 0.29) is 12.4 Å². The van der Waals surface area contributed by atoms with Crippen LogP contribution in [0.5, 0.6) is 0 Å². The van der Waals surface area contributed by atoms with E-state index >= 15 is 0 Å².